The summed E-state index contributed by atoms with van der Waals surface area (Å²) in [4.78, 5) is 17.8. The normalized spacial score (nSPS) is 13.4. The minimum Gasteiger partial charge on any atom is -0.391 e. The number of carbonyl (C=O) groups is 1. The molecule has 0 unspecified atom stereocenters. The number of hydrogen-bond donors (Lipinski definition) is 2. The molecule has 24 heavy (non-hydrogen) atoms. The summed E-state index contributed by atoms with van der Waals surface area (Å²) in [6.07, 6.45) is 0.966. The van der Waals surface area contributed by atoms with Crippen molar-refractivity contribution in [3.8, 4) is 0 Å². The van der Waals surface area contributed by atoms with Crippen LogP contribution in [0.5, 0.6) is 0 Å². The van der Waals surface area contributed by atoms with Crippen LogP contribution in [0.3, 0.4) is 0 Å². The average Bonchev–Trinajstić information content (AvgIpc) is 2.56. The molecule has 0 radical (unpaired) electrons. The number of aliphatic hydroxyl groups excluding tert-OH is 1. The van der Waals surface area contributed by atoms with E-state index < -0.39 is 12.1 Å². The van der Waals surface area contributed by atoms with E-state index in [4.69, 9.17) is 5.73 Å². The lowest BCUT2D eigenvalue weighted by Gasteiger charge is -2.20. The van der Waals surface area contributed by atoms with Crippen LogP contribution in [-0.2, 0) is 12.8 Å². The number of rotatable bonds is 6. The molecule has 1 heterocycles. The molecular weight excluding hydrogens is 309 g/mol. The Labute approximate surface area is 140 Å². The molecule has 1 amide bonds. The third-order valence-electron chi connectivity index (χ3n) is 3.84. The molecule has 2 atom stereocenters. The Morgan fingerprint density at radius 1 is 1.25 bits per heavy atom. The number of aliphatic hydroxyl groups is 1. The first-order chi connectivity index (χ1) is 11.4. The van der Waals surface area contributed by atoms with Gasteiger partial charge in [0.15, 0.2) is 0 Å². The number of benzene rings is 1. The predicted molar refractivity (Wildman–Crippen MR) is 90.0 cm³/mol. The number of halogens is 1. The topological polar surface area (TPSA) is 79.5 Å². The zero-order valence-corrected chi connectivity index (χ0v) is 13.8. The van der Waals surface area contributed by atoms with E-state index in [1.165, 1.54) is 11.0 Å². The maximum atomic E-state index is 13.7. The van der Waals surface area contributed by atoms with Crippen molar-refractivity contribution < 1.29 is 14.3 Å². The average molecular weight is 331 g/mol. The van der Waals surface area contributed by atoms with Crippen LogP contribution in [0.2, 0.25) is 0 Å². The van der Waals surface area contributed by atoms with Crippen LogP contribution in [0.15, 0.2) is 42.6 Å². The van der Waals surface area contributed by atoms with Crippen molar-refractivity contribution in [2.24, 2.45) is 5.73 Å². The third-order valence-corrected chi connectivity index (χ3v) is 3.84. The zero-order chi connectivity index (χ0) is 17.7. The van der Waals surface area contributed by atoms with Crippen LogP contribution < -0.4 is 5.73 Å². The number of hydrogen-bond acceptors (Lipinski definition) is 4. The summed E-state index contributed by atoms with van der Waals surface area (Å²) in [7, 11) is 3.30. The van der Waals surface area contributed by atoms with Crippen molar-refractivity contribution in [1.82, 2.24) is 9.88 Å². The van der Waals surface area contributed by atoms with Crippen molar-refractivity contribution in [2.45, 2.75) is 25.0 Å². The molecule has 0 aliphatic carbocycles. The smallest absolute Gasteiger partial charge is 0.255 e. The first kappa shape index (κ1) is 18.0. The second kappa shape index (κ2) is 7.99. The summed E-state index contributed by atoms with van der Waals surface area (Å²) in [6, 6.07) is 9.01. The SMILES string of the molecule is CN(C)C(=O)c1cccnc1C[C@H](O)[C@H](N)Cc1ccccc1F. The molecule has 128 valence electrons. The van der Waals surface area contributed by atoms with Gasteiger partial charge in [0.1, 0.15) is 5.82 Å². The van der Waals surface area contributed by atoms with Crippen molar-refractivity contribution in [2.75, 3.05) is 14.1 Å². The molecular formula is C18H22FN3O2. The Morgan fingerprint density at radius 3 is 2.62 bits per heavy atom. The molecule has 2 aromatic rings. The Balaban J connectivity index is 2.11. The monoisotopic (exact) mass is 331 g/mol. The van der Waals surface area contributed by atoms with Crippen LogP contribution in [0, 0.1) is 5.82 Å². The highest BCUT2D eigenvalue weighted by Crippen LogP contribution is 2.14. The number of carbonyl (C=O) groups excluding carboxylic acids is 1. The van der Waals surface area contributed by atoms with Gasteiger partial charge < -0.3 is 15.7 Å². The van der Waals surface area contributed by atoms with E-state index in [9.17, 15) is 14.3 Å². The molecule has 2 rings (SSSR count). The molecule has 0 aliphatic rings. The van der Waals surface area contributed by atoms with Crippen molar-refractivity contribution in [1.29, 1.82) is 0 Å². The summed E-state index contributed by atoms with van der Waals surface area (Å²) >= 11 is 0. The number of amides is 1. The lowest BCUT2D eigenvalue weighted by molar-refractivity contribution is 0.0824. The second-order valence-corrected chi connectivity index (χ2v) is 5.93. The van der Waals surface area contributed by atoms with Gasteiger partial charge in [-0.1, -0.05) is 18.2 Å². The lowest BCUT2D eigenvalue weighted by Crippen LogP contribution is -2.39. The molecule has 0 spiro atoms. The molecule has 5 nitrogen and oxygen atoms in total. The van der Waals surface area contributed by atoms with E-state index in [0.717, 1.165) is 0 Å². The number of aromatic nitrogens is 1. The van der Waals surface area contributed by atoms with Crippen molar-refractivity contribution in [3.05, 3.63) is 65.2 Å². The van der Waals surface area contributed by atoms with E-state index in [1.54, 1.807) is 50.6 Å². The number of nitrogens with two attached hydrogens (primary N) is 1. The molecule has 0 saturated carbocycles. The van der Waals surface area contributed by atoms with Gasteiger partial charge in [-0.25, -0.2) is 4.39 Å². The Morgan fingerprint density at radius 2 is 1.96 bits per heavy atom. The van der Waals surface area contributed by atoms with Gasteiger partial charge in [-0.2, -0.15) is 0 Å². The van der Waals surface area contributed by atoms with E-state index in [-0.39, 0.29) is 24.6 Å². The van der Waals surface area contributed by atoms with Crippen molar-refractivity contribution >= 4 is 5.91 Å². The standard InChI is InChI=1S/C18H22FN3O2/c1-22(2)18(24)13-7-5-9-21-16(13)11-17(23)15(20)10-12-6-3-4-8-14(12)19/h3-9,15,17,23H,10-11,20H2,1-2H3/t15-,17+/m1/s1. The van der Waals surface area contributed by atoms with Crippen LogP contribution in [-0.4, -0.2) is 47.1 Å². The number of nitrogens with zero attached hydrogens (tertiary/aromatic N) is 2. The molecule has 0 bridgehead atoms. The Kier molecular flexibility index (Phi) is 6.00. The van der Waals surface area contributed by atoms with Gasteiger partial charge in [-0.15, -0.1) is 0 Å². The first-order valence-electron chi connectivity index (χ1n) is 7.72. The molecule has 1 aromatic carbocycles. The fraction of sp³-hybridized carbons (Fsp3) is 0.333. The fourth-order valence-electron chi connectivity index (χ4n) is 2.44. The Bertz CT molecular complexity index is 706. The van der Waals surface area contributed by atoms with Crippen LogP contribution in [0.25, 0.3) is 0 Å². The highest BCUT2D eigenvalue weighted by Gasteiger charge is 2.21. The Hall–Kier alpha value is -2.31. The summed E-state index contributed by atoms with van der Waals surface area (Å²) in [5.41, 5.74) is 7.38. The molecule has 0 fully saturated rings. The molecule has 0 aliphatic heterocycles. The third kappa shape index (κ3) is 4.37. The first-order valence-corrected chi connectivity index (χ1v) is 7.72. The summed E-state index contributed by atoms with van der Waals surface area (Å²) in [6.45, 7) is 0. The van der Waals surface area contributed by atoms with Crippen LogP contribution in [0.1, 0.15) is 21.6 Å². The van der Waals surface area contributed by atoms with Crippen LogP contribution >= 0.6 is 0 Å². The minimum absolute atomic E-state index is 0.130. The lowest BCUT2D eigenvalue weighted by atomic mass is 9.97. The maximum Gasteiger partial charge on any atom is 0.255 e. The second-order valence-electron chi connectivity index (χ2n) is 5.93. The fourth-order valence-corrected chi connectivity index (χ4v) is 2.44. The van der Waals surface area contributed by atoms with Gasteiger partial charge in [-0.3, -0.25) is 9.78 Å². The summed E-state index contributed by atoms with van der Waals surface area (Å²) in [5, 5.41) is 10.4. The largest absolute Gasteiger partial charge is 0.391 e. The van der Waals surface area contributed by atoms with E-state index in [2.05, 4.69) is 4.98 Å². The quantitative estimate of drug-likeness (QED) is 0.838. The number of pyridine rings is 1. The molecule has 3 N–H and O–H groups in total. The highest BCUT2D eigenvalue weighted by molar-refractivity contribution is 5.94. The van der Waals surface area contributed by atoms with E-state index in [0.29, 0.717) is 16.8 Å². The van der Waals surface area contributed by atoms with Gasteiger partial charge in [-0.05, 0) is 30.2 Å². The maximum absolute atomic E-state index is 13.7. The molecule has 0 saturated heterocycles. The minimum atomic E-state index is -0.937. The van der Waals surface area contributed by atoms with Crippen LogP contribution in [0.4, 0.5) is 4.39 Å². The summed E-state index contributed by atoms with van der Waals surface area (Å²) in [5.74, 6) is -0.533. The van der Waals surface area contributed by atoms with Crippen molar-refractivity contribution in [3.63, 3.8) is 0 Å². The molecule has 1 aromatic heterocycles. The van der Waals surface area contributed by atoms with Gasteiger partial charge >= 0.3 is 0 Å². The van der Waals surface area contributed by atoms with Gasteiger partial charge in [0.05, 0.1) is 17.4 Å². The van der Waals surface area contributed by atoms with Gasteiger partial charge in [0, 0.05) is 32.8 Å². The zero-order valence-electron chi connectivity index (χ0n) is 13.8. The van der Waals surface area contributed by atoms with Gasteiger partial charge in [0.2, 0.25) is 0 Å². The summed E-state index contributed by atoms with van der Waals surface area (Å²) < 4.78 is 13.7. The molecule has 6 heteroatoms. The highest BCUT2D eigenvalue weighted by atomic mass is 19.1. The van der Waals surface area contributed by atoms with E-state index >= 15 is 0 Å². The van der Waals surface area contributed by atoms with E-state index in [1.807, 2.05) is 0 Å². The van der Waals surface area contributed by atoms with Gasteiger partial charge in [0.25, 0.3) is 5.91 Å². The predicted octanol–water partition coefficient (Wildman–Crippen LogP) is 1.40.